The molecular weight excluding hydrogens is 362 g/mol. The predicted octanol–water partition coefficient (Wildman–Crippen LogP) is 2.75. The third-order valence-electron chi connectivity index (χ3n) is 5.32. The van der Waals surface area contributed by atoms with E-state index in [0.29, 0.717) is 24.7 Å². The fraction of sp³-hybridized carbons (Fsp3) is 0.450. The molecule has 0 bridgehead atoms. The van der Waals surface area contributed by atoms with Gasteiger partial charge in [-0.2, -0.15) is 4.31 Å². The number of rotatable bonds is 4. The van der Waals surface area contributed by atoms with Gasteiger partial charge in [0.15, 0.2) is 0 Å². The molecule has 0 amide bonds. The Morgan fingerprint density at radius 3 is 2.44 bits per heavy atom. The number of hydrogen-bond acceptors (Lipinski definition) is 5. The van der Waals surface area contributed by atoms with Gasteiger partial charge in [0.05, 0.1) is 24.2 Å². The van der Waals surface area contributed by atoms with Crippen molar-refractivity contribution in [3.8, 4) is 0 Å². The molecule has 1 aromatic carbocycles. The van der Waals surface area contributed by atoms with E-state index in [1.807, 2.05) is 37.4 Å². The first-order chi connectivity index (χ1) is 13.1. The third-order valence-corrected chi connectivity index (χ3v) is 7.24. The molecule has 1 unspecified atom stereocenters. The highest BCUT2D eigenvalue weighted by atomic mass is 32.2. The zero-order chi connectivity index (χ0) is 18.9. The van der Waals surface area contributed by atoms with Crippen LogP contribution >= 0.6 is 0 Å². The highest BCUT2D eigenvalue weighted by Crippen LogP contribution is 2.36. The average Bonchev–Trinajstić information content (AvgIpc) is 3.20. The van der Waals surface area contributed by atoms with Crippen LogP contribution < -0.4 is 4.90 Å². The lowest BCUT2D eigenvalue weighted by molar-refractivity contribution is 0.122. The predicted molar refractivity (Wildman–Crippen MR) is 104 cm³/mol. The van der Waals surface area contributed by atoms with Crippen LogP contribution in [0, 0.1) is 6.92 Å². The minimum Gasteiger partial charge on any atom is -0.378 e. The highest BCUT2D eigenvalue weighted by Gasteiger charge is 2.36. The molecule has 4 rings (SSSR count). The topological polar surface area (TPSA) is 62.7 Å². The number of morpholine rings is 1. The van der Waals surface area contributed by atoms with Gasteiger partial charge in [-0.3, -0.25) is 0 Å². The van der Waals surface area contributed by atoms with Crippen molar-refractivity contribution < 1.29 is 13.2 Å². The molecule has 0 N–H and O–H groups in total. The van der Waals surface area contributed by atoms with E-state index in [-0.39, 0.29) is 6.04 Å². The van der Waals surface area contributed by atoms with Gasteiger partial charge in [0, 0.05) is 25.8 Å². The number of benzene rings is 1. The Hall–Kier alpha value is -1.96. The second-order valence-electron chi connectivity index (χ2n) is 7.14. The van der Waals surface area contributed by atoms with Crippen LogP contribution in [0.5, 0.6) is 0 Å². The molecule has 2 saturated heterocycles. The first kappa shape index (κ1) is 18.4. The van der Waals surface area contributed by atoms with Gasteiger partial charge in [0.2, 0.25) is 10.0 Å². The van der Waals surface area contributed by atoms with E-state index < -0.39 is 10.0 Å². The molecule has 2 aromatic rings. The zero-order valence-corrected chi connectivity index (χ0v) is 16.4. The van der Waals surface area contributed by atoms with Crippen molar-refractivity contribution in [3.05, 3.63) is 53.7 Å². The van der Waals surface area contributed by atoms with Crippen LogP contribution in [0.1, 0.15) is 30.0 Å². The Kier molecular flexibility index (Phi) is 5.16. The minimum atomic E-state index is -3.50. The average molecular weight is 388 g/mol. The molecule has 144 valence electrons. The molecule has 2 aliphatic rings. The Bertz CT molecular complexity index is 876. The van der Waals surface area contributed by atoms with Crippen molar-refractivity contribution in [2.75, 3.05) is 37.7 Å². The molecule has 7 heteroatoms. The van der Waals surface area contributed by atoms with E-state index in [4.69, 9.17) is 4.74 Å². The number of hydrogen-bond donors (Lipinski definition) is 0. The number of aromatic nitrogens is 1. The van der Waals surface area contributed by atoms with E-state index in [1.54, 1.807) is 16.4 Å². The van der Waals surface area contributed by atoms with Gasteiger partial charge in [-0.15, -0.1) is 0 Å². The molecule has 27 heavy (non-hydrogen) atoms. The summed E-state index contributed by atoms with van der Waals surface area (Å²) in [5, 5.41) is 0. The van der Waals surface area contributed by atoms with Crippen molar-refractivity contribution in [2.24, 2.45) is 0 Å². The Labute approximate surface area is 160 Å². The Morgan fingerprint density at radius 2 is 1.78 bits per heavy atom. The van der Waals surface area contributed by atoms with Crippen molar-refractivity contribution in [1.82, 2.24) is 9.29 Å². The van der Waals surface area contributed by atoms with Gasteiger partial charge in [-0.25, -0.2) is 13.4 Å². The van der Waals surface area contributed by atoms with Crippen LogP contribution in [0.4, 0.5) is 5.82 Å². The summed E-state index contributed by atoms with van der Waals surface area (Å²) in [5.41, 5.74) is 2.01. The van der Waals surface area contributed by atoms with Crippen molar-refractivity contribution in [3.63, 3.8) is 0 Å². The summed E-state index contributed by atoms with van der Waals surface area (Å²) in [5.74, 6) is 0.924. The number of nitrogens with zero attached hydrogens (tertiary/aromatic N) is 3. The Balaban J connectivity index is 1.56. The molecule has 1 atom stereocenters. The number of sulfonamides is 1. The molecule has 3 heterocycles. The zero-order valence-electron chi connectivity index (χ0n) is 15.5. The normalized spacial score (nSPS) is 21.5. The maximum absolute atomic E-state index is 13.1. The fourth-order valence-corrected chi connectivity index (χ4v) is 5.46. The lowest BCUT2D eigenvalue weighted by Crippen LogP contribution is -2.36. The van der Waals surface area contributed by atoms with Gasteiger partial charge >= 0.3 is 0 Å². The van der Waals surface area contributed by atoms with Gasteiger partial charge in [-0.1, -0.05) is 23.8 Å². The van der Waals surface area contributed by atoms with Crippen LogP contribution in [0.3, 0.4) is 0 Å². The maximum atomic E-state index is 13.1. The molecule has 0 aliphatic carbocycles. The molecular formula is C20H25N3O3S. The number of anilines is 1. The summed E-state index contributed by atoms with van der Waals surface area (Å²) in [4.78, 5) is 7.15. The minimum absolute atomic E-state index is 0.150. The molecule has 2 fully saturated rings. The smallest absolute Gasteiger partial charge is 0.243 e. The lowest BCUT2D eigenvalue weighted by atomic mass is 10.1. The van der Waals surface area contributed by atoms with Gasteiger partial charge in [0.1, 0.15) is 5.82 Å². The van der Waals surface area contributed by atoms with Crippen molar-refractivity contribution >= 4 is 15.8 Å². The fourth-order valence-electron chi connectivity index (χ4n) is 3.78. The van der Waals surface area contributed by atoms with Gasteiger partial charge < -0.3 is 9.64 Å². The summed E-state index contributed by atoms with van der Waals surface area (Å²) in [6.07, 6.45) is 3.52. The largest absolute Gasteiger partial charge is 0.378 e. The van der Waals surface area contributed by atoms with Crippen LogP contribution in [0.25, 0.3) is 0 Å². The molecule has 0 spiro atoms. The summed E-state index contributed by atoms with van der Waals surface area (Å²) < 4.78 is 33.3. The van der Waals surface area contributed by atoms with Crippen LogP contribution in [0.2, 0.25) is 0 Å². The number of aryl methyl sites for hydroxylation is 1. The highest BCUT2D eigenvalue weighted by molar-refractivity contribution is 7.89. The van der Waals surface area contributed by atoms with Gasteiger partial charge in [-0.05, 0) is 43.5 Å². The van der Waals surface area contributed by atoms with E-state index in [2.05, 4.69) is 9.88 Å². The van der Waals surface area contributed by atoms with Crippen LogP contribution in [0.15, 0.2) is 47.5 Å². The number of pyridine rings is 1. The van der Waals surface area contributed by atoms with Crippen LogP contribution in [-0.2, 0) is 14.8 Å². The summed E-state index contributed by atoms with van der Waals surface area (Å²) in [6.45, 7) is 5.61. The van der Waals surface area contributed by atoms with Crippen LogP contribution in [-0.4, -0.2) is 50.6 Å². The van der Waals surface area contributed by atoms with E-state index in [0.717, 1.165) is 42.9 Å². The monoisotopic (exact) mass is 387 g/mol. The molecule has 0 saturated carbocycles. The van der Waals surface area contributed by atoms with E-state index >= 15 is 0 Å². The third kappa shape index (κ3) is 3.72. The molecule has 6 nitrogen and oxygen atoms in total. The summed E-state index contributed by atoms with van der Waals surface area (Å²) in [7, 11) is -3.50. The molecule has 1 aromatic heterocycles. The lowest BCUT2D eigenvalue weighted by Gasteiger charge is -2.28. The molecule has 0 radical (unpaired) electrons. The molecule has 2 aliphatic heterocycles. The quantitative estimate of drug-likeness (QED) is 0.807. The summed E-state index contributed by atoms with van der Waals surface area (Å²) >= 11 is 0. The summed E-state index contributed by atoms with van der Waals surface area (Å²) in [6, 6.07) is 10.9. The van der Waals surface area contributed by atoms with E-state index in [1.165, 1.54) is 0 Å². The second-order valence-corrected chi connectivity index (χ2v) is 9.03. The Morgan fingerprint density at radius 1 is 1.04 bits per heavy atom. The maximum Gasteiger partial charge on any atom is 0.243 e. The first-order valence-corrected chi connectivity index (χ1v) is 10.9. The second kappa shape index (κ2) is 7.58. The standard InChI is InChI=1S/C20H25N3O3S/c1-16-4-7-18(8-5-16)27(24,25)23-10-2-3-19(23)17-6-9-20(21-15-17)22-11-13-26-14-12-22/h4-9,15,19H,2-3,10-14H2,1H3. The number of ether oxygens (including phenoxy) is 1. The van der Waals surface area contributed by atoms with Crippen molar-refractivity contribution in [2.45, 2.75) is 30.7 Å². The van der Waals surface area contributed by atoms with Crippen molar-refractivity contribution in [1.29, 1.82) is 0 Å². The SMILES string of the molecule is Cc1ccc(S(=O)(=O)N2CCCC2c2ccc(N3CCOCC3)nc2)cc1. The van der Waals surface area contributed by atoms with E-state index in [9.17, 15) is 8.42 Å². The first-order valence-electron chi connectivity index (χ1n) is 9.43. The van der Waals surface area contributed by atoms with Gasteiger partial charge in [0.25, 0.3) is 0 Å².